The Kier molecular flexibility index (Phi) is 4.04. The molecule has 0 amide bonds. The fourth-order valence-corrected chi connectivity index (χ4v) is 2.45. The molecule has 2 N–H and O–H groups in total. The third kappa shape index (κ3) is 2.78. The zero-order valence-corrected chi connectivity index (χ0v) is 13.1. The number of fused-ring (bicyclic) bond motifs is 1. The topological polar surface area (TPSA) is 87.8 Å². The Morgan fingerprint density at radius 2 is 1.90 bits per heavy atom. The molecule has 21 heavy (non-hydrogen) atoms. The Balaban J connectivity index is 2.85. The highest BCUT2D eigenvalue weighted by Crippen LogP contribution is 2.08. The van der Waals surface area contributed by atoms with E-state index < -0.39 is 5.54 Å². The number of aromatic nitrogens is 4. The van der Waals surface area contributed by atoms with Gasteiger partial charge in [-0.15, -0.1) is 0 Å². The van der Waals surface area contributed by atoms with Crippen molar-refractivity contribution < 1.29 is 0 Å². The lowest BCUT2D eigenvalue weighted by molar-refractivity contribution is 0.407. The van der Waals surface area contributed by atoms with Gasteiger partial charge in [0.15, 0.2) is 11.2 Å². The molecule has 0 unspecified atom stereocenters. The van der Waals surface area contributed by atoms with Crippen LogP contribution in [0.4, 0.5) is 0 Å². The number of imidazole rings is 1. The smallest absolute Gasteiger partial charge is 0.325 e. The summed E-state index contributed by atoms with van der Waals surface area (Å²) in [5, 5.41) is 0. The molecule has 7 heteroatoms. The number of rotatable bonds is 5. The highest BCUT2D eigenvalue weighted by molar-refractivity contribution is 5.70. The molecule has 0 aliphatic rings. The number of aryl methyl sites for hydroxylation is 2. The molecule has 0 aromatic carbocycles. The van der Waals surface area contributed by atoms with E-state index in [4.69, 9.17) is 5.73 Å². The van der Waals surface area contributed by atoms with Crippen molar-refractivity contribution in [2.24, 2.45) is 5.73 Å². The van der Waals surface area contributed by atoms with Crippen molar-refractivity contribution in [2.75, 3.05) is 0 Å². The predicted molar refractivity (Wildman–Crippen MR) is 82.5 cm³/mol. The van der Waals surface area contributed by atoms with Crippen LogP contribution in [0.3, 0.4) is 0 Å². The van der Waals surface area contributed by atoms with Crippen molar-refractivity contribution in [3.05, 3.63) is 27.2 Å². The van der Waals surface area contributed by atoms with Gasteiger partial charge in [-0.3, -0.25) is 13.9 Å². The summed E-state index contributed by atoms with van der Waals surface area (Å²) in [7, 11) is 0. The molecule has 0 radical (unpaired) electrons. The van der Waals surface area contributed by atoms with Gasteiger partial charge in [0, 0.05) is 25.2 Å². The lowest BCUT2D eigenvalue weighted by atomic mass is 10.1. The monoisotopic (exact) mass is 293 g/mol. The quantitative estimate of drug-likeness (QED) is 0.871. The second-order valence-electron chi connectivity index (χ2n) is 6.02. The van der Waals surface area contributed by atoms with E-state index in [0.29, 0.717) is 24.3 Å². The summed E-state index contributed by atoms with van der Waals surface area (Å²) in [4.78, 5) is 29.5. The van der Waals surface area contributed by atoms with Gasteiger partial charge in [-0.05, 0) is 27.2 Å². The van der Waals surface area contributed by atoms with Gasteiger partial charge in [0.1, 0.15) is 0 Å². The van der Waals surface area contributed by atoms with Gasteiger partial charge in [0.2, 0.25) is 0 Å². The molecule has 2 aromatic heterocycles. The molecule has 0 atom stereocenters. The molecular weight excluding hydrogens is 270 g/mol. The van der Waals surface area contributed by atoms with E-state index in [9.17, 15) is 9.59 Å². The van der Waals surface area contributed by atoms with Gasteiger partial charge in [0.05, 0.1) is 6.33 Å². The third-order valence-electron chi connectivity index (χ3n) is 3.34. The Morgan fingerprint density at radius 1 is 1.24 bits per heavy atom. The molecule has 0 spiro atoms. The molecule has 2 rings (SSSR count). The van der Waals surface area contributed by atoms with Crippen LogP contribution in [-0.4, -0.2) is 24.2 Å². The number of hydrogen-bond donors (Lipinski definition) is 1. The maximum atomic E-state index is 12.7. The average molecular weight is 293 g/mol. The Morgan fingerprint density at radius 3 is 2.43 bits per heavy atom. The van der Waals surface area contributed by atoms with Crippen LogP contribution in [0.2, 0.25) is 0 Å². The first-order valence-electron chi connectivity index (χ1n) is 7.27. The summed E-state index contributed by atoms with van der Waals surface area (Å²) >= 11 is 0. The number of nitrogens with zero attached hydrogens (tertiary/aromatic N) is 4. The first-order valence-corrected chi connectivity index (χ1v) is 7.27. The molecule has 0 bridgehead atoms. The largest absolute Gasteiger partial charge is 0.332 e. The van der Waals surface area contributed by atoms with Gasteiger partial charge in [-0.2, -0.15) is 0 Å². The van der Waals surface area contributed by atoms with Crippen molar-refractivity contribution in [1.29, 1.82) is 0 Å². The lowest BCUT2D eigenvalue weighted by Gasteiger charge is -2.20. The minimum absolute atomic E-state index is 0.180. The van der Waals surface area contributed by atoms with E-state index in [0.717, 1.165) is 6.42 Å². The Bertz CT molecular complexity index is 760. The van der Waals surface area contributed by atoms with Gasteiger partial charge in [-0.1, -0.05) is 6.92 Å². The Hall–Kier alpha value is -1.89. The van der Waals surface area contributed by atoms with Crippen molar-refractivity contribution >= 4 is 11.2 Å². The first-order chi connectivity index (χ1) is 9.80. The molecule has 116 valence electrons. The van der Waals surface area contributed by atoms with E-state index in [1.807, 2.05) is 13.8 Å². The minimum Gasteiger partial charge on any atom is -0.325 e. The van der Waals surface area contributed by atoms with E-state index in [1.165, 1.54) is 4.57 Å². The molecule has 2 aromatic rings. The van der Waals surface area contributed by atoms with Crippen LogP contribution in [0.1, 0.15) is 34.1 Å². The maximum Gasteiger partial charge on any atom is 0.332 e. The standard InChI is InChI=1S/C14H23N5O2/c1-5-7-18-11-10(17(6-2)9-16-11)12(20)19(13(18)21)8-14(3,4)15/h9H,5-8,15H2,1-4H3. The van der Waals surface area contributed by atoms with E-state index in [-0.39, 0.29) is 17.8 Å². The van der Waals surface area contributed by atoms with E-state index in [1.54, 1.807) is 29.3 Å². The van der Waals surface area contributed by atoms with Gasteiger partial charge in [0.25, 0.3) is 5.56 Å². The average Bonchev–Trinajstić information content (AvgIpc) is 2.82. The first kappa shape index (κ1) is 15.5. The van der Waals surface area contributed by atoms with Crippen LogP contribution < -0.4 is 17.0 Å². The van der Waals surface area contributed by atoms with Crippen LogP contribution in [0.25, 0.3) is 11.2 Å². The fraction of sp³-hybridized carbons (Fsp3) is 0.643. The van der Waals surface area contributed by atoms with Crippen molar-refractivity contribution in [2.45, 2.75) is 59.3 Å². The lowest BCUT2D eigenvalue weighted by Crippen LogP contribution is -2.48. The maximum absolute atomic E-state index is 12.7. The number of hydrogen-bond acceptors (Lipinski definition) is 4. The molecule has 0 saturated heterocycles. The van der Waals surface area contributed by atoms with Crippen LogP contribution in [0.5, 0.6) is 0 Å². The van der Waals surface area contributed by atoms with Crippen LogP contribution in [0.15, 0.2) is 15.9 Å². The van der Waals surface area contributed by atoms with Crippen molar-refractivity contribution in [3.8, 4) is 0 Å². The van der Waals surface area contributed by atoms with Crippen LogP contribution in [0, 0.1) is 0 Å². The molecule has 0 saturated carbocycles. The summed E-state index contributed by atoms with van der Waals surface area (Å²) in [5.74, 6) is 0. The summed E-state index contributed by atoms with van der Waals surface area (Å²) in [6.07, 6.45) is 2.40. The number of nitrogens with two attached hydrogens (primary N) is 1. The normalized spacial score (nSPS) is 12.2. The summed E-state index contributed by atoms with van der Waals surface area (Å²) in [6, 6.07) is 0. The zero-order chi connectivity index (χ0) is 15.8. The van der Waals surface area contributed by atoms with Gasteiger partial charge >= 0.3 is 5.69 Å². The van der Waals surface area contributed by atoms with Crippen LogP contribution >= 0.6 is 0 Å². The van der Waals surface area contributed by atoms with Crippen molar-refractivity contribution in [3.63, 3.8) is 0 Å². The van der Waals surface area contributed by atoms with Gasteiger partial charge < -0.3 is 10.3 Å². The molecule has 7 nitrogen and oxygen atoms in total. The second-order valence-corrected chi connectivity index (χ2v) is 6.02. The third-order valence-corrected chi connectivity index (χ3v) is 3.34. The molecule has 0 aliphatic heterocycles. The highest BCUT2D eigenvalue weighted by Gasteiger charge is 2.21. The molecule has 0 aliphatic carbocycles. The van der Waals surface area contributed by atoms with Crippen molar-refractivity contribution in [1.82, 2.24) is 18.7 Å². The fourth-order valence-electron chi connectivity index (χ4n) is 2.45. The predicted octanol–water partition coefficient (Wildman–Crippen LogP) is 0.527. The Labute approximate surface area is 123 Å². The highest BCUT2D eigenvalue weighted by atomic mass is 16.2. The van der Waals surface area contributed by atoms with E-state index >= 15 is 0 Å². The minimum atomic E-state index is -0.641. The molecular formula is C14H23N5O2. The van der Waals surface area contributed by atoms with E-state index in [2.05, 4.69) is 4.98 Å². The summed E-state index contributed by atoms with van der Waals surface area (Å²) in [6.45, 7) is 8.85. The second kappa shape index (κ2) is 5.48. The SMILES string of the molecule is CCCn1c(=O)n(CC(C)(C)N)c(=O)c2c1ncn2CC. The molecule has 2 heterocycles. The van der Waals surface area contributed by atoms with Crippen LogP contribution in [-0.2, 0) is 19.6 Å². The summed E-state index contributed by atoms with van der Waals surface area (Å²) < 4.78 is 4.56. The van der Waals surface area contributed by atoms with Gasteiger partial charge in [-0.25, -0.2) is 9.78 Å². The summed E-state index contributed by atoms with van der Waals surface area (Å²) in [5.41, 5.74) is 5.62. The zero-order valence-electron chi connectivity index (χ0n) is 13.1. The molecule has 0 fully saturated rings.